The summed E-state index contributed by atoms with van der Waals surface area (Å²) >= 11 is 0. The van der Waals surface area contributed by atoms with E-state index < -0.39 is 11.3 Å². The summed E-state index contributed by atoms with van der Waals surface area (Å²) < 4.78 is 0. The van der Waals surface area contributed by atoms with Gasteiger partial charge in [0.05, 0.1) is 16.9 Å². The van der Waals surface area contributed by atoms with Crippen LogP contribution in [-0.4, -0.2) is 29.2 Å². The van der Waals surface area contributed by atoms with Crippen LogP contribution in [0.25, 0.3) is 0 Å². The zero-order valence-electron chi connectivity index (χ0n) is 11.7. The van der Waals surface area contributed by atoms with Gasteiger partial charge in [0.15, 0.2) is 5.78 Å². The zero-order chi connectivity index (χ0) is 14.4. The van der Waals surface area contributed by atoms with Crippen LogP contribution in [0.15, 0.2) is 23.3 Å². The van der Waals surface area contributed by atoms with Crippen molar-refractivity contribution in [2.45, 2.75) is 33.7 Å². The minimum atomic E-state index is -0.761. The summed E-state index contributed by atoms with van der Waals surface area (Å²) in [4.78, 5) is 26.4. The third kappa shape index (κ3) is 1.90. The Hall–Kier alpha value is -1.89. The molecular weight excluding hydrogens is 240 g/mol. The van der Waals surface area contributed by atoms with Gasteiger partial charge in [-0.1, -0.05) is 6.08 Å². The number of nitrogens with zero attached hydrogens (tertiary/aromatic N) is 2. The molecule has 4 nitrogen and oxygen atoms in total. The Kier molecular flexibility index (Phi) is 3.09. The van der Waals surface area contributed by atoms with Crippen LogP contribution in [0.2, 0.25) is 0 Å². The van der Waals surface area contributed by atoms with E-state index >= 15 is 0 Å². The van der Waals surface area contributed by atoms with E-state index in [0.29, 0.717) is 6.54 Å². The molecule has 1 heterocycles. The first-order valence-electron chi connectivity index (χ1n) is 6.48. The Balaban J connectivity index is 2.54. The lowest BCUT2D eigenvalue weighted by atomic mass is 9.66. The molecule has 0 radical (unpaired) electrons. The summed E-state index contributed by atoms with van der Waals surface area (Å²) in [5, 5.41) is 9.06. The van der Waals surface area contributed by atoms with E-state index in [4.69, 9.17) is 5.26 Å². The Labute approximate surface area is 113 Å². The molecule has 0 saturated carbocycles. The molecule has 100 valence electrons. The van der Waals surface area contributed by atoms with Gasteiger partial charge in [-0.2, -0.15) is 5.26 Å². The van der Waals surface area contributed by atoms with Crippen molar-refractivity contribution in [1.82, 2.24) is 4.90 Å². The summed E-state index contributed by atoms with van der Waals surface area (Å²) in [6.07, 6.45) is 3.49. The maximum atomic E-state index is 12.5. The number of rotatable bonds is 1. The zero-order valence-corrected chi connectivity index (χ0v) is 11.7. The number of amides is 1. The third-order valence-corrected chi connectivity index (χ3v) is 4.00. The van der Waals surface area contributed by atoms with Gasteiger partial charge in [-0.25, -0.2) is 0 Å². The van der Waals surface area contributed by atoms with E-state index in [1.165, 1.54) is 6.08 Å². The Bertz CT molecular complexity index is 547. The first-order chi connectivity index (χ1) is 8.80. The van der Waals surface area contributed by atoms with E-state index in [0.717, 1.165) is 5.57 Å². The number of Topliss-reactive ketones (excluding diaryl/α,β-unsaturated/α-hetero) is 1. The Morgan fingerprint density at radius 1 is 1.42 bits per heavy atom. The Morgan fingerprint density at radius 3 is 2.58 bits per heavy atom. The fourth-order valence-electron chi connectivity index (χ4n) is 2.79. The Morgan fingerprint density at radius 2 is 2.05 bits per heavy atom. The molecule has 0 aromatic carbocycles. The molecular formula is C15H18N2O2. The van der Waals surface area contributed by atoms with Gasteiger partial charge < -0.3 is 4.90 Å². The third-order valence-electron chi connectivity index (χ3n) is 4.00. The highest BCUT2D eigenvalue weighted by Crippen LogP contribution is 2.42. The number of carbonyl (C=O) groups is 2. The fourth-order valence-corrected chi connectivity index (χ4v) is 2.79. The van der Waals surface area contributed by atoms with Crippen molar-refractivity contribution in [3.8, 4) is 6.07 Å². The molecule has 0 aromatic rings. The predicted octanol–water partition coefficient (Wildman–Crippen LogP) is 1.84. The van der Waals surface area contributed by atoms with Gasteiger partial charge in [-0.15, -0.1) is 0 Å². The number of hydrogen-bond donors (Lipinski definition) is 0. The van der Waals surface area contributed by atoms with Gasteiger partial charge in [-0.05, 0) is 39.3 Å². The van der Waals surface area contributed by atoms with E-state index in [-0.39, 0.29) is 23.3 Å². The number of carbonyl (C=O) groups excluding carboxylic acids is 2. The number of allylic oxidation sites excluding steroid dienone is 1. The standard InChI is InChI=1S/C15H18N2O2/c1-9(2)17-6-5-12-11(14(17)19)7-10(8-16)13(18)15(12,3)4/h5,7,9,11H,6H2,1-4H3. The summed E-state index contributed by atoms with van der Waals surface area (Å²) in [7, 11) is 0. The molecule has 2 rings (SSSR count). The molecule has 0 spiro atoms. The smallest absolute Gasteiger partial charge is 0.234 e. The average Bonchev–Trinajstić information content (AvgIpc) is 2.34. The number of fused-ring (bicyclic) bond motifs is 1. The average molecular weight is 258 g/mol. The normalized spacial score (nSPS) is 25.7. The van der Waals surface area contributed by atoms with Gasteiger partial charge >= 0.3 is 0 Å². The molecule has 0 fully saturated rings. The van der Waals surface area contributed by atoms with Crippen molar-refractivity contribution in [1.29, 1.82) is 5.26 Å². The van der Waals surface area contributed by atoms with Crippen molar-refractivity contribution in [3.05, 3.63) is 23.3 Å². The van der Waals surface area contributed by atoms with Crippen molar-refractivity contribution in [2.24, 2.45) is 11.3 Å². The second-order valence-corrected chi connectivity index (χ2v) is 5.87. The van der Waals surface area contributed by atoms with Crippen LogP contribution in [0, 0.1) is 22.7 Å². The van der Waals surface area contributed by atoms with E-state index in [1.54, 1.807) is 18.7 Å². The van der Waals surface area contributed by atoms with E-state index in [9.17, 15) is 9.59 Å². The number of nitriles is 1. The molecule has 0 aromatic heterocycles. The quantitative estimate of drug-likeness (QED) is 0.674. The monoisotopic (exact) mass is 258 g/mol. The minimum absolute atomic E-state index is 0.0131. The summed E-state index contributed by atoms with van der Waals surface area (Å²) in [5.74, 6) is -0.664. The molecule has 4 heteroatoms. The lowest BCUT2D eigenvalue weighted by molar-refractivity contribution is -0.136. The van der Waals surface area contributed by atoms with Crippen LogP contribution in [0.1, 0.15) is 27.7 Å². The molecule has 1 aliphatic heterocycles. The van der Waals surface area contributed by atoms with Crippen LogP contribution in [0.4, 0.5) is 0 Å². The maximum absolute atomic E-state index is 12.5. The van der Waals surface area contributed by atoms with Gasteiger partial charge in [0, 0.05) is 12.6 Å². The SMILES string of the molecule is CC(C)N1CC=C2C(C=C(C#N)C(=O)C2(C)C)C1=O. The number of hydrogen-bond acceptors (Lipinski definition) is 3. The van der Waals surface area contributed by atoms with Crippen molar-refractivity contribution >= 4 is 11.7 Å². The van der Waals surface area contributed by atoms with Crippen LogP contribution >= 0.6 is 0 Å². The van der Waals surface area contributed by atoms with Gasteiger partial charge in [0.2, 0.25) is 5.91 Å². The largest absolute Gasteiger partial charge is 0.336 e. The second-order valence-electron chi connectivity index (χ2n) is 5.87. The summed E-state index contributed by atoms with van der Waals surface area (Å²) in [6.45, 7) is 8.04. The fraction of sp³-hybridized carbons (Fsp3) is 0.533. The van der Waals surface area contributed by atoms with Gasteiger partial charge in [-0.3, -0.25) is 9.59 Å². The second kappa shape index (κ2) is 4.34. The lowest BCUT2D eigenvalue weighted by Crippen LogP contribution is -2.49. The lowest BCUT2D eigenvalue weighted by Gasteiger charge is -2.41. The number of ketones is 1. The van der Waals surface area contributed by atoms with E-state index in [1.807, 2.05) is 26.0 Å². The topological polar surface area (TPSA) is 61.2 Å². The highest BCUT2D eigenvalue weighted by molar-refractivity contribution is 6.08. The molecule has 1 atom stereocenters. The molecule has 1 unspecified atom stereocenters. The highest BCUT2D eigenvalue weighted by Gasteiger charge is 2.46. The molecule has 1 aliphatic carbocycles. The van der Waals surface area contributed by atoms with Crippen LogP contribution in [0.3, 0.4) is 0 Å². The molecule has 0 saturated heterocycles. The first-order valence-corrected chi connectivity index (χ1v) is 6.48. The molecule has 0 N–H and O–H groups in total. The van der Waals surface area contributed by atoms with E-state index in [2.05, 4.69) is 0 Å². The van der Waals surface area contributed by atoms with Crippen LogP contribution in [0.5, 0.6) is 0 Å². The van der Waals surface area contributed by atoms with Gasteiger partial charge in [0.1, 0.15) is 6.07 Å². The van der Waals surface area contributed by atoms with Crippen molar-refractivity contribution in [2.75, 3.05) is 6.54 Å². The first kappa shape index (κ1) is 13.5. The summed E-state index contributed by atoms with van der Waals surface area (Å²) in [5.41, 5.74) is 0.174. The van der Waals surface area contributed by atoms with Crippen LogP contribution < -0.4 is 0 Å². The molecule has 0 bridgehead atoms. The molecule has 19 heavy (non-hydrogen) atoms. The molecule has 2 aliphatic rings. The maximum Gasteiger partial charge on any atom is 0.234 e. The molecule has 1 amide bonds. The minimum Gasteiger partial charge on any atom is -0.336 e. The van der Waals surface area contributed by atoms with Crippen molar-refractivity contribution in [3.63, 3.8) is 0 Å². The summed E-state index contributed by atoms with van der Waals surface area (Å²) in [6, 6.07) is 2.04. The van der Waals surface area contributed by atoms with Crippen LogP contribution in [-0.2, 0) is 9.59 Å². The van der Waals surface area contributed by atoms with Gasteiger partial charge in [0.25, 0.3) is 0 Å². The highest BCUT2D eigenvalue weighted by atomic mass is 16.2. The van der Waals surface area contributed by atoms with Crippen molar-refractivity contribution < 1.29 is 9.59 Å². The predicted molar refractivity (Wildman–Crippen MR) is 70.9 cm³/mol.